The van der Waals surface area contributed by atoms with E-state index in [0.29, 0.717) is 23.7 Å². The lowest BCUT2D eigenvalue weighted by molar-refractivity contribution is -0.121. The predicted molar refractivity (Wildman–Crippen MR) is 118 cm³/mol. The number of carbonyl (C=O) groups is 5. The quantitative estimate of drug-likeness (QED) is 0.537. The summed E-state index contributed by atoms with van der Waals surface area (Å²) in [5.74, 6) is -1.58. The van der Waals surface area contributed by atoms with Crippen molar-refractivity contribution in [3.63, 3.8) is 0 Å². The smallest absolute Gasteiger partial charge is 0.409 e. The molecule has 0 aliphatic carbocycles. The van der Waals surface area contributed by atoms with Crippen LogP contribution in [0.25, 0.3) is 0 Å². The lowest BCUT2D eigenvalue weighted by Crippen LogP contribution is -2.35. The van der Waals surface area contributed by atoms with Crippen LogP contribution in [0.15, 0.2) is 24.3 Å². The first-order valence-corrected chi connectivity index (χ1v) is 11.0. The van der Waals surface area contributed by atoms with Crippen LogP contribution in [0.3, 0.4) is 0 Å². The SMILES string of the molecule is COC(=O)c1c(NC(=O)c2ccc(N3C(=O)CCC3=O)cc2)sc2c1CCN(C(=O)OC)C2. The van der Waals surface area contributed by atoms with Gasteiger partial charge in [-0.1, -0.05) is 0 Å². The highest BCUT2D eigenvalue weighted by Gasteiger charge is 2.32. The molecule has 11 heteroatoms. The Morgan fingerprint density at radius 3 is 2.24 bits per heavy atom. The predicted octanol–water partition coefficient (Wildman–Crippen LogP) is 2.56. The molecule has 4 amide bonds. The van der Waals surface area contributed by atoms with Gasteiger partial charge < -0.3 is 19.7 Å². The van der Waals surface area contributed by atoms with Crippen LogP contribution in [0, 0.1) is 0 Å². The van der Waals surface area contributed by atoms with E-state index in [1.54, 1.807) is 0 Å². The van der Waals surface area contributed by atoms with Crippen molar-refractivity contribution in [2.24, 2.45) is 0 Å². The normalized spacial score (nSPS) is 15.3. The Morgan fingerprint density at radius 2 is 1.64 bits per heavy atom. The molecule has 3 heterocycles. The minimum Gasteiger partial charge on any atom is -0.465 e. The molecule has 0 bridgehead atoms. The van der Waals surface area contributed by atoms with Gasteiger partial charge in [0.05, 0.1) is 32.0 Å². The van der Waals surface area contributed by atoms with Gasteiger partial charge >= 0.3 is 12.1 Å². The van der Waals surface area contributed by atoms with Gasteiger partial charge in [-0.25, -0.2) is 9.59 Å². The van der Waals surface area contributed by atoms with Gasteiger partial charge in [0.1, 0.15) is 5.00 Å². The summed E-state index contributed by atoms with van der Waals surface area (Å²) in [6.45, 7) is 0.641. The van der Waals surface area contributed by atoms with Crippen molar-refractivity contribution in [3.8, 4) is 0 Å². The molecule has 0 unspecified atom stereocenters. The third kappa shape index (κ3) is 4.19. The van der Waals surface area contributed by atoms with Gasteiger partial charge in [0.25, 0.3) is 5.91 Å². The fraction of sp³-hybridized carbons (Fsp3) is 0.318. The number of fused-ring (bicyclic) bond motifs is 1. The minimum absolute atomic E-state index is 0.174. The average Bonchev–Trinajstić information content (AvgIpc) is 3.36. The maximum Gasteiger partial charge on any atom is 0.409 e. The molecule has 2 aromatic rings. The van der Waals surface area contributed by atoms with Crippen LogP contribution in [0.5, 0.6) is 0 Å². The first-order valence-electron chi connectivity index (χ1n) is 10.2. The summed E-state index contributed by atoms with van der Waals surface area (Å²) in [5, 5.41) is 3.09. The van der Waals surface area contributed by atoms with E-state index < -0.39 is 18.0 Å². The van der Waals surface area contributed by atoms with Gasteiger partial charge in [0, 0.05) is 29.8 Å². The van der Waals surface area contributed by atoms with Crippen LogP contribution < -0.4 is 10.2 Å². The molecule has 2 aliphatic rings. The average molecular weight is 471 g/mol. The number of thiophene rings is 1. The van der Waals surface area contributed by atoms with E-state index in [9.17, 15) is 24.0 Å². The highest BCUT2D eigenvalue weighted by Crippen LogP contribution is 2.38. The minimum atomic E-state index is -0.573. The summed E-state index contributed by atoms with van der Waals surface area (Å²) in [6, 6.07) is 6.08. The Labute approximate surface area is 193 Å². The molecule has 0 spiro atoms. The van der Waals surface area contributed by atoms with Crippen LogP contribution in [0.1, 0.15) is 44.0 Å². The fourth-order valence-corrected chi connectivity index (χ4v) is 5.14. The standard InChI is InChI=1S/C22H21N3O7S/c1-31-21(29)18-14-9-10-24(22(30)32-2)11-15(14)33-20(18)23-19(28)12-3-5-13(6-4-12)25-16(26)7-8-17(25)27/h3-6H,7-11H2,1-2H3,(H,23,28). The molecule has 1 aromatic heterocycles. The highest BCUT2D eigenvalue weighted by atomic mass is 32.1. The third-order valence-corrected chi connectivity index (χ3v) is 6.68. The lowest BCUT2D eigenvalue weighted by Gasteiger charge is -2.25. The monoisotopic (exact) mass is 471 g/mol. The van der Waals surface area contributed by atoms with Crippen LogP contribution in [0.4, 0.5) is 15.5 Å². The van der Waals surface area contributed by atoms with Crippen molar-refractivity contribution < 1.29 is 33.4 Å². The van der Waals surface area contributed by atoms with Gasteiger partial charge in [-0.15, -0.1) is 11.3 Å². The van der Waals surface area contributed by atoms with Gasteiger partial charge in [0.2, 0.25) is 11.8 Å². The molecule has 1 aromatic carbocycles. The summed E-state index contributed by atoms with van der Waals surface area (Å²) in [5.41, 5.74) is 1.71. The highest BCUT2D eigenvalue weighted by molar-refractivity contribution is 7.17. The summed E-state index contributed by atoms with van der Waals surface area (Å²) in [4.78, 5) is 64.4. The number of ether oxygens (including phenoxy) is 2. The number of nitrogens with zero attached hydrogens (tertiary/aromatic N) is 2. The Hall–Kier alpha value is -3.73. The number of amides is 4. The molecule has 0 radical (unpaired) electrons. The molecule has 172 valence electrons. The third-order valence-electron chi connectivity index (χ3n) is 5.55. The molecular formula is C22H21N3O7S. The molecule has 4 rings (SSSR count). The van der Waals surface area contributed by atoms with Gasteiger partial charge in [0.15, 0.2) is 0 Å². The molecule has 10 nitrogen and oxygen atoms in total. The fourth-order valence-electron chi connectivity index (χ4n) is 3.90. The Kier molecular flexibility index (Phi) is 6.14. The number of esters is 1. The van der Waals surface area contributed by atoms with Crippen LogP contribution >= 0.6 is 11.3 Å². The summed E-state index contributed by atoms with van der Waals surface area (Å²) >= 11 is 1.20. The van der Waals surface area contributed by atoms with Gasteiger partial charge in [-0.3, -0.25) is 19.3 Å². The summed E-state index contributed by atoms with van der Waals surface area (Å²) < 4.78 is 9.70. The van der Waals surface area contributed by atoms with E-state index in [4.69, 9.17) is 9.47 Å². The zero-order valence-electron chi connectivity index (χ0n) is 18.0. The zero-order valence-corrected chi connectivity index (χ0v) is 18.8. The molecule has 1 saturated heterocycles. The summed E-state index contributed by atoms with van der Waals surface area (Å²) in [7, 11) is 2.57. The molecule has 33 heavy (non-hydrogen) atoms. The number of imide groups is 1. The van der Waals surface area contributed by atoms with E-state index >= 15 is 0 Å². The van der Waals surface area contributed by atoms with Crippen LogP contribution in [-0.4, -0.2) is 55.4 Å². The van der Waals surface area contributed by atoms with E-state index in [1.165, 1.54) is 54.7 Å². The molecule has 2 aliphatic heterocycles. The first kappa shape index (κ1) is 22.5. The number of hydrogen-bond acceptors (Lipinski definition) is 8. The number of nitrogens with one attached hydrogen (secondary N) is 1. The molecule has 1 fully saturated rings. The number of carbonyl (C=O) groups excluding carboxylic acids is 5. The van der Waals surface area contributed by atoms with Gasteiger partial charge in [-0.05, 0) is 36.2 Å². The van der Waals surface area contributed by atoms with Crippen molar-refractivity contribution in [3.05, 3.63) is 45.8 Å². The van der Waals surface area contributed by atoms with Crippen LogP contribution in [-0.2, 0) is 32.0 Å². The Balaban J connectivity index is 1.57. The van der Waals surface area contributed by atoms with Crippen molar-refractivity contribution in [2.45, 2.75) is 25.8 Å². The molecular weight excluding hydrogens is 450 g/mol. The van der Waals surface area contributed by atoms with E-state index in [-0.39, 0.29) is 42.3 Å². The molecule has 0 saturated carbocycles. The maximum atomic E-state index is 12.9. The second-order valence-electron chi connectivity index (χ2n) is 7.46. The maximum absolute atomic E-state index is 12.9. The summed E-state index contributed by atoms with van der Waals surface area (Å²) in [6.07, 6.45) is 0.310. The zero-order chi connectivity index (χ0) is 23.7. The Morgan fingerprint density at radius 1 is 0.970 bits per heavy atom. The number of anilines is 2. The van der Waals surface area contributed by atoms with Crippen molar-refractivity contribution in [1.29, 1.82) is 0 Å². The number of rotatable bonds is 4. The lowest BCUT2D eigenvalue weighted by atomic mass is 10.0. The molecule has 1 N–H and O–H groups in total. The number of hydrogen-bond donors (Lipinski definition) is 1. The van der Waals surface area contributed by atoms with E-state index in [2.05, 4.69) is 5.32 Å². The van der Waals surface area contributed by atoms with Crippen molar-refractivity contribution in [1.82, 2.24) is 4.90 Å². The van der Waals surface area contributed by atoms with Crippen LogP contribution in [0.2, 0.25) is 0 Å². The number of methoxy groups -OCH3 is 2. The second-order valence-corrected chi connectivity index (χ2v) is 8.57. The first-order chi connectivity index (χ1) is 15.8. The molecule has 0 atom stereocenters. The van der Waals surface area contributed by atoms with Crippen molar-refractivity contribution in [2.75, 3.05) is 31.0 Å². The van der Waals surface area contributed by atoms with E-state index in [1.807, 2.05) is 0 Å². The number of benzene rings is 1. The van der Waals surface area contributed by atoms with E-state index in [0.717, 1.165) is 15.3 Å². The largest absolute Gasteiger partial charge is 0.465 e. The van der Waals surface area contributed by atoms with Crippen molar-refractivity contribution >= 4 is 51.8 Å². The second kappa shape index (κ2) is 9.02. The van der Waals surface area contributed by atoms with Gasteiger partial charge in [-0.2, -0.15) is 0 Å². The topological polar surface area (TPSA) is 122 Å². The Bertz CT molecular complexity index is 1140.